The van der Waals surface area contributed by atoms with Crippen LogP contribution in [0.4, 0.5) is 10.3 Å². The van der Waals surface area contributed by atoms with Crippen LogP contribution in [0.2, 0.25) is 0 Å². The summed E-state index contributed by atoms with van der Waals surface area (Å²) in [5.74, 6) is 0.921. The van der Waals surface area contributed by atoms with Gasteiger partial charge in [0.25, 0.3) is 0 Å². The monoisotopic (exact) mass is 400 g/mol. The fourth-order valence-electron chi connectivity index (χ4n) is 3.97. The summed E-state index contributed by atoms with van der Waals surface area (Å²) in [6.45, 7) is 2.23. The van der Waals surface area contributed by atoms with Crippen LogP contribution in [0.1, 0.15) is 51.9 Å². The minimum atomic E-state index is -0.272. The van der Waals surface area contributed by atoms with Gasteiger partial charge < -0.3 is 0 Å². The molecular weight excluding hydrogens is 375 g/mol. The summed E-state index contributed by atoms with van der Waals surface area (Å²) in [5.41, 5.74) is 1.70. The maximum atomic E-state index is 13.2. The van der Waals surface area contributed by atoms with E-state index in [0.717, 1.165) is 42.9 Å². The number of thiazole rings is 1. The normalized spacial score (nSPS) is 19.8. The van der Waals surface area contributed by atoms with Crippen LogP contribution in [0.15, 0.2) is 29.6 Å². The predicted molar refractivity (Wildman–Crippen MR) is 110 cm³/mol. The van der Waals surface area contributed by atoms with Gasteiger partial charge in [0.2, 0.25) is 16.8 Å². The minimum absolute atomic E-state index is 0.0236. The van der Waals surface area contributed by atoms with E-state index in [1.807, 2.05) is 5.38 Å². The van der Waals surface area contributed by atoms with E-state index in [4.69, 9.17) is 0 Å². The number of halogens is 1. The number of rotatable bonds is 6. The zero-order valence-corrected chi connectivity index (χ0v) is 16.8. The van der Waals surface area contributed by atoms with E-state index in [-0.39, 0.29) is 17.6 Å². The first-order valence-electron chi connectivity index (χ1n) is 10.0. The summed E-state index contributed by atoms with van der Waals surface area (Å²) in [6, 6.07) is 6.28. The maximum absolute atomic E-state index is 13.2. The second-order valence-corrected chi connectivity index (χ2v) is 8.44. The van der Waals surface area contributed by atoms with Gasteiger partial charge in [0.15, 0.2) is 0 Å². The van der Waals surface area contributed by atoms with Crippen molar-refractivity contribution in [1.29, 1.82) is 0 Å². The standard InChI is InChI=1S/C21H25FN4OS/c1-2-3-4-14-5-7-16(8-6-14)19(27)23-20-24-21-26(25-20)18(13-28-21)15-9-11-17(22)12-10-15/h9-14,16H,2-8H2,1H3,(H,23,25,27). The Balaban J connectivity index is 1.41. The van der Waals surface area contributed by atoms with Crippen LogP contribution in [0.5, 0.6) is 0 Å². The third-order valence-corrected chi connectivity index (χ3v) is 6.46. The third kappa shape index (κ3) is 4.09. The van der Waals surface area contributed by atoms with Crippen molar-refractivity contribution in [3.05, 3.63) is 35.5 Å². The molecule has 1 aliphatic carbocycles. The summed E-state index contributed by atoms with van der Waals surface area (Å²) >= 11 is 1.45. The Bertz CT molecular complexity index is 941. The molecule has 3 aromatic rings. The molecule has 1 N–H and O–H groups in total. The summed E-state index contributed by atoms with van der Waals surface area (Å²) < 4.78 is 14.9. The van der Waals surface area contributed by atoms with Gasteiger partial charge in [-0.05, 0) is 55.9 Å². The molecule has 1 aromatic carbocycles. The number of fused-ring (bicyclic) bond motifs is 1. The number of hydrogen-bond acceptors (Lipinski definition) is 4. The summed E-state index contributed by atoms with van der Waals surface area (Å²) in [6.07, 6.45) is 7.98. The molecule has 0 spiro atoms. The molecule has 1 fully saturated rings. The Morgan fingerprint density at radius 1 is 1.25 bits per heavy atom. The van der Waals surface area contributed by atoms with Crippen LogP contribution in [-0.2, 0) is 4.79 Å². The van der Waals surface area contributed by atoms with Crippen molar-refractivity contribution in [1.82, 2.24) is 14.6 Å². The van der Waals surface area contributed by atoms with Gasteiger partial charge in [-0.1, -0.05) is 26.2 Å². The van der Waals surface area contributed by atoms with Gasteiger partial charge in [-0.2, -0.15) is 4.98 Å². The number of anilines is 1. The molecule has 1 aliphatic rings. The SMILES string of the molecule is CCCCC1CCC(C(=O)Nc2nc3scc(-c4ccc(F)cc4)n3n2)CC1. The Kier molecular flexibility index (Phi) is 5.71. The minimum Gasteiger partial charge on any atom is -0.293 e. The highest BCUT2D eigenvalue weighted by atomic mass is 32.1. The zero-order chi connectivity index (χ0) is 19.5. The van der Waals surface area contributed by atoms with E-state index in [2.05, 4.69) is 22.3 Å². The van der Waals surface area contributed by atoms with E-state index < -0.39 is 0 Å². The highest BCUT2D eigenvalue weighted by Gasteiger charge is 2.27. The molecule has 148 valence electrons. The molecule has 5 nitrogen and oxygen atoms in total. The molecule has 7 heteroatoms. The molecular formula is C21H25FN4OS. The van der Waals surface area contributed by atoms with Crippen molar-refractivity contribution < 1.29 is 9.18 Å². The first-order valence-corrected chi connectivity index (χ1v) is 10.9. The largest absolute Gasteiger partial charge is 0.293 e. The Labute approximate surface area is 168 Å². The topological polar surface area (TPSA) is 59.3 Å². The fourth-order valence-corrected chi connectivity index (χ4v) is 4.80. The number of nitrogens with zero attached hydrogens (tertiary/aromatic N) is 3. The predicted octanol–water partition coefficient (Wildman–Crippen LogP) is 5.53. The summed E-state index contributed by atoms with van der Waals surface area (Å²) in [5, 5.41) is 9.29. The molecule has 28 heavy (non-hydrogen) atoms. The molecule has 0 radical (unpaired) electrons. The number of benzene rings is 1. The molecule has 1 amide bonds. The van der Waals surface area contributed by atoms with Crippen molar-refractivity contribution in [3.8, 4) is 11.3 Å². The lowest BCUT2D eigenvalue weighted by atomic mass is 9.79. The fraction of sp³-hybridized carbons (Fsp3) is 0.476. The number of carbonyl (C=O) groups is 1. The number of carbonyl (C=O) groups excluding carboxylic acids is 1. The van der Waals surface area contributed by atoms with Crippen LogP contribution >= 0.6 is 11.3 Å². The molecule has 4 rings (SSSR count). The van der Waals surface area contributed by atoms with Crippen LogP contribution in [0, 0.1) is 17.7 Å². The second kappa shape index (κ2) is 8.39. The average molecular weight is 401 g/mol. The lowest BCUT2D eigenvalue weighted by Crippen LogP contribution is -2.27. The van der Waals surface area contributed by atoms with Gasteiger partial charge >= 0.3 is 0 Å². The van der Waals surface area contributed by atoms with Crippen molar-refractivity contribution in [3.63, 3.8) is 0 Å². The number of amides is 1. The summed E-state index contributed by atoms with van der Waals surface area (Å²) in [7, 11) is 0. The Morgan fingerprint density at radius 2 is 2.00 bits per heavy atom. The molecule has 2 aromatic heterocycles. The second-order valence-electron chi connectivity index (χ2n) is 7.61. The van der Waals surface area contributed by atoms with Gasteiger partial charge in [-0.15, -0.1) is 16.4 Å². The van der Waals surface area contributed by atoms with Crippen molar-refractivity contribution >= 4 is 28.2 Å². The third-order valence-electron chi connectivity index (χ3n) is 5.64. The number of unbranched alkanes of at least 4 members (excludes halogenated alkanes) is 1. The first-order chi connectivity index (χ1) is 13.6. The Hall–Kier alpha value is -2.28. The number of nitrogens with one attached hydrogen (secondary N) is 1. The van der Waals surface area contributed by atoms with E-state index in [9.17, 15) is 9.18 Å². The van der Waals surface area contributed by atoms with Gasteiger partial charge in [-0.25, -0.2) is 8.91 Å². The lowest BCUT2D eigenvalue weighted by molar-refractivity contribution is -0.121. The molecule has 0 bridgehead atoms. The smallest absolute Gasteiger partial charge is 0.250 e. The van der Waals surface area contributed by atoms with E-state index in [1.54, 1.807) is 16.6 Å². The van der Waals surface area contributed by atoms with Gasteiger partial charge in [-0.3, -0.25) is 10.1 Å². The average Bonchev–Trinajstić information content (AvgIpc) is 3.27. The van der Waals surface area contributed by atoms with Crippen molar-refractivity contribution in [2.75, 3.05) is 5.32 Å². The zero-order valence-electron chi connectivity index (χ0n) is 16.0. The van der Waals surface area contributed by atoms with Crippen LogP contribution in [0.25, 0.3) is 16.2 Å². The number of hydrogen-bond donors (Lipinski definition) is 1. The quantitative estimate of drug-likeness (QED) is 0.592. The van der Waals surface area contributed by atoms with Gasteiger partial charge in [0.05, 0.1) is 5.69 Å². The van der Waals surface area contributed by atoms with E-state index in [0.29, 0.717) is 10.9 Å². The molecule has 0 saturated heterocycles. The van der Waals surface area contributed by atoms with Crippen molar-refractivity contribution in [2.45, 2.75) is 51.9 Å². The van der Waals surface area contributed by atoms with Gasteiger partial charge in [0.1, 0.15) is 5.82 Å². The highest BCUT2D eigenvalue weighted by molar-refractivity contribution is 7.15. The molecule has 0 atom stereocenters. The summed E-state index contributed by atoms with van der Waals surface area (Å²) in [4.78, 5) is 17.8. The van der Waals surface area contributed by atoms with Crippen LogP contribution < -0.4 is 5.32 Å². The first kappa shape index (κ1) is 19.1. The molecule has 2 heterocycles. The number of aromatic nitrogens is 3. The van der Waals surface area contributed by atoms with E-state index >= 15 is 0 Å². The lowest BCUT2D eigenvalue weighted by Gasteiger charge is -2.27. The van der Waals surface area contributed by atoms with Crippen molar-refractivity contribution in [2.24, 2.45) is 11.8 Å². The maximum Gasteiger partial charge on any atom is 0.250 e. The van der Waals surface area contributed by atoms with Crippen LogP contribution in [0.3, 0.4) is 0 Å². The van der Waals surface area contributed by atoms with Gasteiger partial charge in [0, 0.05) is 16.9 Å². The van der Waals surface area contributed by atoms with E-state index in [1.165, 1.54) is 42.7 Å². The Morgan fingerprint density at radius 3 is 2.71 bits per heavy atom. The molecule has 0 unspecified atom stereocenters. The molecule has 0 aliphatic heterocycles. The molecule has 1 saturated carbocycles. The van der Waals surface area contributed by atoms with Crippen LogP contribution in [-0.4, -0.2) is 20.5 Å². The highest BCUT2D eigenvalue weighted by Crippen LogP contribution is 2.32.